The van der Waals surface area contributed by atoms with Gasteiger partial charge in [0.2, 0.25) is 17.6 Å². The molecule has 4 rings (SSSR count). The van der Waals surface area contributed by atoms with Gasteiger partial charge in [-0.15, -0.1) is 11.3 Å². The van der Waals surface area contributed by atoms with Crippen LogP contribution in [0.3, 0.4) is 0 Å². The maximum absolute atomic E-state index is 12.2. The van der Waals surface area contributed by atoms with E-state index in [-0.39, 0.29) is 5.91 Å². The second kappa shape index (κ2) is 7.70. The molecule has 1 aromatic carbocycles. The van der Waals surface area contributed by atoms with E-state index < -0.39 is 0 Å². The summed E-state index contributed by atoms with van der Waals surface area (Å²) in [6.45, 7) is 2.23. The quantitative estimate of drug-likeness (QED) is 0.713. The smallest absolute Gasteiger partial charge is 0.227 e. The number of benzene rings is 1. The van der Waals surface area contributed by atoms with Crippen LogP contribution in [-0.4, -0.2) is 29.1 Å². The summed E-state index contributed by atoms with van der Waals surface area (Å²) in [5, 5.41) is 8.84. The van der Waals surface area contributed by atoms with Gasteiger partial charge in [0.1, 0.15) is 0 Å². The lowest BCUT2D eigenvalue weighted by Crippen LogP contribution is -2.17. The van der Waals surface area contributed by atoms with Crippen molar-refractivity contribution in [2.45, 2.75) is 25.7 Å². The Hall–Kier alpha value is -2.67. The van der Waals surface area contributed by atoms with Gasteiger partial charge in [-0.05, 0) is 48.6 Å². The number of nitrogens with one attached hydrogen (secondary N) is 1. The molecule has 0 radical (unpaired) electrons. The highest BCUT2D eigenvalue weighted by molar-refractivity contribution is 7.13. The summed E-state index contributed by atoms with van der Waals surface area (Å²) in [4.78, 5) is 19.8. The molecule has 7 heteroatoms. The van der Waals surface area contributed by atoms with Crippen LogP contribution >= 0.6 is 11.3 Å². The molecule has 1 aliphatic heterocycles. The number of thiophene rings is 1. The van der Waals surface area contributed by atoms with Crippen LogP contribution in [0.2, 0.25) is 0 Å². The van der Waals surface area contributed by atoms with Crippen LogP contribution in [0.5, 0.6) is 0 Å². The van der Waals surface area contributed by atoms with E-state index in [2.05, 4.69) is 32.5 Å². The van der Waals surface area contributed by atoms with E-state index in [1.54, 1.807) is 11.3 Å². The fraction of sp³-hybridized carbons (Fsp3) is 0.316. The predicted molar refractivity (Wildman–Crippen MR) is 102 cm³/mol. The summed E-state index contributed by atoms with van der Waals surface area (Å²) in [5.41, 5.74) is 2.02. The molecule has 3 heterocycles. The molecule has 2 aromatic heterocycles. The molecule has 0 unspecified atom stereocenters. The summed E-state index contributed by atoms with van der Waals surface area (Å²) in [6.07, 6.45) is 3.24. The van der Waals surface area contributed by atoms with Gasteiger partial charge in [-0.1, -0.05) is 11.2 Å². The molecule has 1 aliphatic rings. The number of nitrogens with zero attached hydrogens (tertiary/aromatic N) is 3. The average molecular weight is 368 g/mol. The summed E-state index contributed by atoms with van der Waals surface area (Å²) in [7, 11) is 0. The number of rotatable bonds is 6. The molecule has 1 fully saturated rings. The second-order valence-corrected chi connectivity index (χ2v) is 7.23. The van der Waals surface area contributed by atoms with Crippen molar-refractivity contribution in [2.75, 3.05) is 23.3 Å². The van der Waals surface area contributed by atoms with Gasteiger partial charge in [-0.2, -0.15) is 4.98 Å². The van der Waals surface area contributed by atoms with Gasteiger partial charge < -0.3 is 14.7 Å². The van der Waals surface area contributed by atoms with Crippen molar-refractivity contribution in [3.05, 3.63) is 47.7 Å². The lowest BCUT2D eigenvalue weighted by atomic mass is 10.2. The first-order valence-corrected chi connectivity index (χ1v) is 9.67. The molecule has 0 spiro atoms. The number of amides is 1. The first-order chi connectivity index (χ1) is 12.8. The lowest BCUT2D eigenvalue weighted by Gasteiger charge is -2.17. The number of aromatic nitrogens is 2. The topological polar surface area (TPSA) is 71.3 Å². The standard InChI is InChI=1S/C19H20N4O2S/c24-17(9-10-18-21-19(22-25-18)16-4-3-13-26-16)20-14-5-7-15(8-6-14)23-11-1-2-12-23/h3-8,13H,1-2,9-12H2,(H,20,24). The Kier molecular flexibility index (Phi) is 4.97. The normalized spacial score (nSPS) is 13.9. The minimum atomic E-state index is -0.0604. The van der Waals surface area contributed by atoms with Crippen molar-refractivity contribution in [3.63, 3.8) is 0 Å². The summed E-state index contributed by atoms with van der Waals surface area (Å²) in [6, 6.07) is 11.9. The fourth-order valence-electron chi connectivity index (χ4n) is 3.04. The number of carbonyl (C=O) groups is 1. The predicted octanol–water partition coefficient (Wildman–Crippen LogP) is 3.97. The van der Waals surface area contributed by atoms with Gasteiger partial charge >= 0.3 is 0 Å². The van der Waals surface area contributed by atoms with Crippen LogP contribution in [0.15, 0.2) is 46.3 Å². The summed E-state index contributed by atoms with van der Waals surface area (Å²) in [5.74, 6) is 0.996. The van der Waals surface area contributed by atoms with E-state index in [4.69, 9.17) is 4.52 Å². The molecule has 3 aromatic rings. The molecule has 1 N–H and O–H groups in total. The summed E-state index contributed by atoms with van der Waals surface area (Å²) >= 11 is 1.56. The molecule has 0 atom stereocenters. The highest BCUT2D eigenvalue weighted by Gasteiger charge is 2.13. The maximum atomic E-state index is 12.2. The van der Waals surface area contributed by atoms with Crippen molar-refractivity contribution < 1.29 is 9.32 Å². The molecule has 134 valence electrons. The first-order valence-electron chi connectivity index (χ1n) is 8.79. The highest BCUT2D eigenvalue weighted by Crippen LogP contribution is 2.23. The number of carbonyl (C=O) groups excluding carboxylic acids is 1. The average Bonchev–Trinajstić information content (AvgIpc) is 3.42. The first kappa shape index (κ1) is 16.8. The lowest BCUT2D eigenvalue weighted by molar-refractivity contribution is -0.116. The number of hydrogen-bond donors (Lipinski definition) is 1. The maximum Gasteiger partial charge on any atom is 0.227 e. The van der Waals surface area contributed by atoms with Crippen molar-refractivity contribution in [3.8, 4) is 10.7 Å². The Labute approximate surface area is 155 Å². The van der Waals surface area contributed by atoms with E-state index in [1.165, 1.54) is 18.5 Å². The van der Waals surface area contributed by atoms with Gasteiger partial charge in [0, 0.05) is 37.3 Å². The van der Waals surface area contributed by atoms with Gasteiger partial charge in [0.25, 0.3) is 0 Å². The molecule has 1 saturated heterocycles. The van der Waals surface area contributed by atoms with Crippen molar-refractivity contribution >= 4 is 28.6 Å². The third-order valence-electron chi connectivity index (χ3n) is 4.40. The molecule has 26 heavy (non-hydrogen) atoms. The molecule has 0 saturated carbocycles. The minimum Gasteiger partial charge on any atom is -0.372 e. The number of anilines is 2. The Morgan fingerprint density at radius 2 is 2.00 bits per heavy atom. The Bertz CT molecular complexity index is 852. The molecular weight excluding hydrogens is 348 g/mol. The molecule has 6 nitrogen and oxygen atoms in total. The zero-order valence-corrected chi connectivity index (χ0v) is 15.2. The van der Waals surface area contributed by atoms with Gasteiger partial charge in [-0.25, -0.2) is 0 Å². The Balaban J connectivity index is 1.28. The van der Waals surface area contributed by atoms with E-state index in [0.717, 1.165) is 23.7 Å². The van der Waals surface area contributed by atoms with Gasteiger partial charge in [0.05, 0.1) is 4.88 Å². The van der Waals surface area contributed by atoms with E-state index in [9.17, 15) is 4.79 Å². The van der Waals surface area contributed by atoms with Gasteiger partial charge in [0.15, 0.2) is 0 Å². The Morgan fingerprint density at radius 3 is 2.73 bits per heavy atom. The van der Waals surface area contributed by atoms with Crippen LogP contribution in [0.25, 0.3) is 10.7 Å². The van der Waals surface area contributed by atoms with Crippen LogP contribution in [0.4, 0.5) is 11.4 Å². The molecule has 0 bridgehead atoms. The van der Waals surface area contributed by atoms with Crippen molar-refractivity contribution in [2.24, 2.45) is 0 Å². The highest BCUT2D eigenvalue weighted by atomic mass is 32.1. The molecule has 0 aliphatic carbocycles. The number of aryl methyl sites for hydroxylation is 1. The van der Waals surface area contributed by atoms with E-state index in [1.807, 2.05) is 29.6 Å². The van der Waals surface area contributed by atoms with Crippen LogP contribution in [-0.2, 0) is 11.2 Å². The van der Waals surface area contributed by atoms with Crippen LogP contribution < -0.4 is 10.2 Å². The van der Waals surface area contributed by atoms with Crippen molar-refractivity contribution in [1.82, 2.24) is 10.1 Å². The second-order valence-electron chi connectivity index (χ2n) is 6.28. The van der Waals surface area contributed by atoms with E-state index in [0.29, 0.717) is 24.6 Å². The molecular formula is C19H20N4O2S. The van der Waals surface area contributed by atoms with Gasteiger partial charge in [-0.3, -0.25) is 4.79 Å². The largest absolute Gasteiger partial charge is 0.372 e. The zero-order chi connectivity index (χ0) is 17.8. The minimum absolute atomic E-state index is 0.0604. The summed E-state index contributed by atoms with van der Waals surface area (Å²) < 4.78 is 5.22. The number of hydrogen-bond acceptors (Lipinski definition) is 6. The monoisotopic (exact) mass is 368 g/mol. The van der Waals surface area contributed by atoms with E-state index >= 15 is 0 Å². The Morgan fingerprint density at radius 1 is 1.19 bits per heavy atom. The SMILES string of the molecule is O=C(CCc1nc(-c2cccs2)no1)Nc1ccc(N2CCCC2)cc1. The zero-order valence-electron chi connectivity index (χ0n) is 14.4. The van der Waals surface area contributed by atoms with Crippen LogP contribution in [0.1, 0.15) is 25.2 Å². The fourth-order valence-corrected chi connectivity index (χ4v) is 3.69. The third-order valence-corrected chi connectivity index (χ3v) is 5.26. The molecule has 1 amide bonds. The third kappa shape index (κ3) is 3.94. The van der Waals surface area contributed by atoms with Crippen LogP contribution in [0, 0.1) is 0 Å². The van der Waals surface area contributed by atoms with Crippen molar-refractivity contribution in [1.29, 1.82) is 0 Å².